The topological polar surface area (TPSA) is 94.1 Å². The summed E-state index contributed by atoms with van der Waals surface area (Å²) in [5.74, 6) is -0.0462. The van der Waals surface area contributed by atoms with Crippen LogP contribution in [0.25, 0.3) is 0 Å². The normalized spacial score (nSPS) is 11.3. The predicted octanol–water partition coefficient (Wildman–Crippen LogP) is 1.92. The zero-order chi connectivity index (χ0) is 19.1. The maximum Gasteiger partial charge on any atom is 0.328 e. The Labute approximate surface area is 151 Å². The number of hydrogen-bond acceptors (Lipinski definition) is 6. The first-order chi connectivity index (χ1) is 12.5. The highest BCUT2D eigenvalue weighted by Crippen LogP contribution is 2.24. The summed E-state index contributed by atoms with van der Waals surface area (Å²) in [7, 11) is 4.21. The number of esters is 1. The van der Waals surface area contributed by atoms with E-state index in [1.807, 2.05) is 0 Å². The Morgan fingerprint density at radius 2 is 1.73 bits per heavy atom. The van der Waals surface area contributed by atoms with E-state index < -0.39 is 17.9 Å². The van der Waals surface area contributed by atoms with Gasteiger partial charge >= 0.3 is 5.97 Å². The molecule has 0 aliphatic rings. The first kappa shape index (κ1) is 19.1. The van der Waals surface area contributed by atoms with Crippen LogP contribution in [0.3, 0.4) is 0 Å². The van der Waals surface area contributed by atoms with Crippen molar-refractivity contribution in [3.05, 3.63) is 53.6 Å². The third-order valence-corrected chi connectivity index (χ3v) is 3.82. The molecule has 0 aliphatic heterocycles. The standard InChI is InChI=1S/C19H21NO6/c1-24-14-8-9-15(17(11-14)25-2)18(22)20-16(19(23)26-3)10-12-4-6-13(21)7-5-12/h4-9,11,16,21H,10H2,1-3H3,(H,20,22). The Bertz CT molecular complexity index is 772. The fraction of sp³-hybridized carbons (Fsp3) is 0.263. The summed E-state index contributed by atoms with van der Waals surface area (Å²) in [6, 6.07) is 10.3. The van der Waals surface area contributed by atoms with Gasteiger partial charge in [-0.3, -0.25) is 4.79 Å². The van der Waals surface area contributed by atoms with Gasteiger partial charge in [-0.15, -0.1) is 0 Å². The minimum atomic E-state index is -0.885. The molecule has 0 saturated heterocycles. The van der Waals surface area contributed by atoms with Crippen LogP contribution < -0.4 is 14.8 Å². The van der Waals surface area contributed by atoms with E-state index in [1.54, 1.807) is 30.3 Å². The summed E-state index contributed by atoms with van der Waals surface area (Å²) >= 11 is 0. The molecule has 2 aromatic rings. The van der Waals surface area contributed by atoms with Crippen molar-refractivity contribution in [2.75, 3.05) is 21.3 Å². The Kier molecular flexibility index (Phi) is 6.43. The van der Waals surface area contributed by atoms with E-state index in [9.17, 15) is 14.7 Å². The third-order valence-electron chi connectivity index (χ3n) is 3.82. The molecule has 2 N–H and O–H groups in total. The van der Waals surface area contributed by atoms with Crippen molar-refractivity contribution in [2.45, 2.75) is 12.5 Å². The van der Waals surface area contributed by atoms with Crippen LogP contribution in [0, 0.1) is 0 Å². The number of benzene rings is 2. The Morgan fingerprint density at radius 3 is 2.31 bits per heavy atom. The highest BCUT2D eigenvalue weighted by atomic mass is 16.5. The summed E-state index contributed by atoms with van der Waals surface area (Å²) in [6.45, 7) is 0. The SMILES string of the molecule is COC(=O)C(Cc1ccc(O)cc1)NC(=O)c1ccc(OC)cc1OC. The van der Waals surface area contributed by atoms with Crippen LogP contribution in [0.4, 0.5) is 0 Å². The Balaban J connectivity index is 2.21. The summed E-state index contributed by atoms with van der Waals surface area (Å²) in [6.07, 6.45) is 0.219. The molecule has 0 aliphatic carbocycles. The zero-order valence-corrected chi connectivity index (χ0v) is 14.8. The number of rotatable bonds is 7. The highest BCUT2D eigenvalue weighted by molar-refractivity contribution is 5.99. The fourth-order valence-corrected chi connectivity index (χ4v) is 2.43. The molecule has 1 unspecified atom stereocenters. The van der Waals surface area contributed by atoms with E-state index in [0.717, 1.165) is 5.56 Å². The first-order valence-corrected chi connectivity index (χ1v) is 7.87. The molecule has 7 heteroatoms. The van der Waals surface area contributed by atoms with Gasteiger partial charge in [0.1, 0.15) is 23.3 Å². The average molecular weight is 359 g/mol. The van der Waals surface area contributed by atoms with Crippen LogP contribution in [0.15, 0.2) is 42.5 Å². The summed E-state index contributed by atoms with van der Waals surface area (Å²) in [5, 5.41) is 12.0. The average Bonchev–Trinajstić information content (AvgIpc) is 2.67. The molecule has 2 rings (SSSR count). The monoisotopic (exact) mass is 359 g/mol. The molecule has 0 aromatic heterocycles. The maximum atomic E-state index is 12.6. The molecule has 1 atom stereocenters. The summed E-state index contributed by atoms with van der Waals surface area (Å²) in [5.41, 5.74) is 1.04. The summed E-state index contributed by atoms with van der Waals surface area (Å²) in [4.78, 5) is 24.7. The van der Waals surface area contributed by atoms with Gasteiger partial charge in [-0.1, -0.05) is 12.1 Å². The van der Waals surface area contributed by atoms with Crippen LogP contribution in [0.1, 0.15) is 15.9 Å². The van der Waals surface area contributed by atoms with E-state index in [1.165, 1.54) is 33.5 Å². The lowest BCUT2D eigenvalue weighted by Crippen LogP contribution is -2.43. The number of nitrogens with one attached hydrogen (secondary N) is 1. The predicted molar refractivity (Wildman–Crippen MR) is 94.6 cm³/mol. The number of amides is 1. The quantitative estimate of drug-likeness (QED) is 0.734. The van der Waals surface area contributed by atoms with Gasteiger partial charge in [-0.2, -0.15) is 0 Å². The number of aromatic hydroxyl groups is 1. The Morgan fingerprint density at radius 1 is 1.04 bits per heavy atom. The molecule has 2 aromatic carbocycles. The van der Waals surface area contributed by atoms with Gasteiger partial charge < -0.3 is 24.6 Å². The molecule has 1 amide bonds. The molecule has 138 valence electrons. The number of methoxy groups -OCH3 is 3. The second-order valence-corrected chi connectivity index (χ2v) is 5.49. The minimum absolute atomic E-state index is 0.121. The van der Waals surface area contributed by atoms with E-state index in [4.69, 9.17) is 14.2 Å². The lowest BCUT2D eigenvalue weighted by atomic mass is 10.0. The summed E-state index contributed by atoms with van der Waals surface area (Å²) < 4.78 is 15.1. The van der Waals surface area contributed by atoms with Crippen molar-refractivity contribution in [1.29, 1.82) is 0 Å². The molecular weight excluding hydrogens is 338 g/mol. The van der Waals surface area contributed by atoms with Crippen molar-refractivity contribution in [3.63, 3.8) is 0 Å². The molecule has 0 heterocycles. The molecular formula is C19H21NO6. The van der Waals surface area contributed by atoms with Gasteiger partial charge in [0.25, 0.3) is 5.91 Å². The lowest BCUT2D eigenvalue weighted by Gasteiger charge is -2.18. The molecule has 0 radical (unpaired) electrons. The maximum absolute atomic E-state index is 12.6. The second-order valence-electron chi connectivity index (χ2n) is 5.49. The smallest absolute Gasteiger partial charge is 0.328 e. The van der Waals surface area contributed by atoms with Gasteiger partial charge in [0.15, 0.2) is 0 Å². The van der Waals surface area contributed by atoms with E-state index in [2.05, 4.69) is 5.32 Å². The van der Waals surface area contributed by atoms with E-state index in [0.29, 0.717) is 11.5 Å². The molecule has 0 spiro atoms. The number of ether oxygens (including phenoxy) is 3. The fourth-order valence-electron chi connectivity index (χ4n) is 2.43. The molecule has 0 bridgehead atoms. The largest absolute Gasteiger partial charge is 0.508 e. The van der Waals surface area contributed by atoms with Crippen molar-refractivity contribution in [1.82, 2.24) is 5.32 Å². The lowest BCUT2D eigenvalue weighted by molar-refractivity contribution is -0.142. The van der Waals surface area contributed by atoms with Crippen LogP contribution in [0.5, 0.6) is 17.2 Å². The van der Waals surface area contributed by atoms with Crippen molar-refractivity contribution < 1.29 is 28.9 Å². The molecule has 0 saturated carbocycles. The number of carbonyl (C=O) groups excluding carboxylic acids is 2. The van der Waals surface area contributed by atoms with Gasteiger partial charge in [0.05, 0.1) is 26.9 Å². The second kappa shape index (κ2) is 8.75. The van der Waals surface area contributed by atoms with Crippen LogP contribution in [-0.2, 0) is 16.0 Å². The van der Waals surface area contributed by atoms with Crippen LogP contribution >= 0.6 is 0 Å². The van der Waals surface area contributed by atoms with E-state index >= 15 is 0 Å². The van der Waals surface area contributed by atoms with Gasteiger partial charge in [-0.05, 0) is 29.8 Å². The van der Waals surface area contributed by atoms with Crippen LogP contribution in [0.2, 0.25) is 0 Å². The van der Waals surface area contributed by atoms with Crippen molar-refractivity contribution in [2.24, 2.45) is 0 Å². The highest BCUT2D eigenvalue weighted by Gasteiger charge is 2.24. The number of carbonyl (C=O) groups is 2. The first-order valence-electron chi connectivity index (χ1n) is 7.87. The van der Waals surface area contributed by atoms with Gasteiger partial charge in [-0.25, -0.2) is 4.79 Å². The number of phenolic OH excluding ortho intramolecular Hbond substituents is 1. The molecule has 26 heavy (non-hydrogen) atoms. The van der Waals surface area contributed by atoms with Gasteiger partial charge in [0, 0.05) is 12.5 Å². The Hall–Kier alpha value is -3.22. The minimum Gasteiger partial charge on any atom is -0.508 e. The van der Waals surface area contributed by atoms with Crippen LogP contribution in [-0.4, -0.2) is 44.4 Å². The third kappa shape index (κ3) is 4.66. The number of hydrogen-bond donors (Lipinski definition) is 2. The zero-order valence-electron chi connectivity index (χ0n) is 14.8. The van der Waals surface area contributed by atoms with Crippen molar-refractivity contribution >= 4 is 11.9 Å². The molecule has 0 fully saturated rings. The molecule has 7 nitrogen and oxygen atoms in total. The number of phenols is 1. The van der Waals surface area contributed by atoms with E-state index in [-0.39, 0.29) is 17.7 Å². The van der Waals surface area contributed by atoms with Crippen molar-refractivity contribution in [3.8, 4) is 17.2 Å². The van der Waals surface area contributed by atoms with Gasteiger partial charge in [0.2, 0.25) is 0 Å².